The quantitative estimate of drug-likeness (QED) is 0.329. The Kier molecular flexibility index (Phi) is 8.99. The summed E-state index contributed by atoms with van der Waals surface area (Å²) in [6.45, 7) is 2.76. The van der Waals surface area contributed by atoms with Crippen molar-refractivity contribution < 1.29 is 27.9 Å². The number of aliphatic hydroxyl groups excluding tert-OH is 1. The standard InChI is InChI=1S/C17H22N4O6S/c1-12(18-3)10-13(2)19-11-20-17(24)21-28(25,26)15-7-5-4-6-14(15)16(23)27-9-8-22/h4-7,10-11,22H,8-9H2,1-3H3,(H2,19,20,21,24)/b13-10-,18-12?. The van der Waals surface area contributed by atoms with Gasteiger partial charge in [0.25, 0.3) is 10.0 Å². The van der Waals surface area contributed by atoms with E-state index in [0.717, 1.165) is 18.1 Å². The van der Waals surface area contributed by atoms with Gasteiger partial charge in [-0.2, -0.15) is 0 Å². The summed E-state index contributed by atoms with van der Waals surface area (Å²) in [5, 5.41) is 10.9. The molecule has 0 saturated heterocycles. The minimum absolute atomic E-state index is 0.266. The summed E-state index contributed by atoms with van der Waals surface area (Å²) in [5.41, 5.74) is 1.01. The van der Waals surface area contributed by atoms with Gasteiger partial charge in [-0.15, -0.1) is 0 Å². The molecule has 0 bridgehead atoms. The topological polar surface area (TPSA) is 147 Å². The molecule has 2 amide bonds. The maximum absolute atomic E-state index is 12.4. The number of nitrogens with one attached hydrogen (secondary N) is 2. The van der Waals surface area contributed by atoms with Gasteiger partial charge < -0.3 is 9.84 Å². The number of ether oxygens (including phenoxy) is 1. The third kappa shape index (κ3) is 7.29. The molecule has 0 atom stereocenters. The van der Waals surface area contributed by atoms with Crippen LogP contribution in [0.15, 0.2) is 50.9 Å². The second-order valence-electron chi connectivity index (χ2n) is 5.34. The Morgan fingerprint density at radius 1 is 1.25 bits per heavy atom. The molecule has 3 N–H and O–H groups in total. The highest BCUT2D eigenvalue weighted by atomic mass is 32.2. The van der Waals surface area contributed by atoms with Crippen LogP contribution in [0.4, 0.5) is 4.79 Å². The summed E-state index contributed by atoms with van der Waals surface area (Å²) in [7, 11) is -2.73. The molecule has 0 aliphatic heterocycles. The Morgan fingerprint density at radius 3 is 2.57 bits per heavy atom. The van der Waals surface area contributed by atoms with E-state index in [2.05, 4.69) is 15.3 Å². The fourth-order valence-electron chi connectivity index (χ4n) is 1.89. The largest absolute Gasteiger partial charge is 0.460 e. The number of allylic oxidation sites excluding steroid dienone is 2. The third-order valence-electron chi connectivity index (χ3n) is 3.18. The monoisotopic (exact) mass is 410 g/mol. The minimum Gasteiger partial charge on any atom is -0.460 e. The number of aliphatic imine (C=N–C) groups is 2. The number of amides is 2. The van der Waals surface area contributed by atoms with Crippen molar-refractivity contribution in [2.45, 2.75) is 18.7 Å². The maximum Gasteiger partial charge on any atom is 0.339 e. The lowest BCUT2D eigenvalue weighted by molar-refractivity contribution is 0.0429. The number of hydrogen-bond donors (Lipinski definition) is 3. The van der Waals surface area contributed by atoms with Crippen molar-refractivity contribution in [2.24, 2.45) is 9.98 Å². The molecule has 0 unspecified atom stereocenters. The first-order valence-corrected chi connectivity index (χ1v) is 9.54. The molecule has 1 aromatic rings. The Labute approximate surface area is 163 Å². The molecule has 0 aliphatic rings. The zero-order valence-corrected chi connectivity index (χ0v) is 16.5. The van der Waals surface area contributed by atoms with Gasteiger partial charge in [0.15, 0.2) is 0 Å². The SMILES string of the molecule is CN=C(C)/C=C(/C)N=CNC(=O)NS(=O)(=O)c1ccccc1C(=O)OCCO. The Hall–Kier alpha value is -3.05. The molecule has 0 radical (unpaired) electrons. The van der Waals surface area contributed by atoms with E-state index in [9.17, 15) is 18.0 Å². The van der Waals surface area contributed by atoms with E-state index in [1.54, 1.807) is 31.7 Å². The van der Waals surface area contributed by atoms with Crippen LogP contribution in [0.3, 0.4) is 0 Å². The highest BCUT2D eigenvalue weighted by Gasteiger charge is 2.24. The van der Waals surface area contributed by atoms with Gasteiger partial charge in [-0.25, -0.2) is 27.7 Å². The fourth-order valence-corrected chi connectivity index (χ4v) is 3.00. The number of hydrogen-bond acceptors (Lipinski definition) is 8. The van der Waals surface area contributed by atoms with Crippen LogP contribution in [0.2, 0.25) is 0 Å². The lowest BCUT2D eigenvalue weighted by Gasteiger charge is -2.10. The molecule has 0 fully saturated rings. The molecular formula is C17H22N4O6S. The zero-order chi connectivity index (χ0) is 21.2. The van der Waals surface area contributed by atoms with Crippen molar-refractivity contribution in [3.05, 3.63) is 41.6 Å². The normalized spacial score (nSPS) is 12.7. The Bertz CT molecular complexity index is 906. The highest BCUT2D eigenvalue weighted by Crippen LogP contribution is 2.16. The summed E-state index contributed by atoms with van der Waals surface area (Å²) < 4.78 is 31.4. The second kappa shape index (κ2) is 10.9. The number of rotatable bonds is 8. The number of carbonyl (C=O) groups excluding carboxylic acids is 2. The van der Waals surface area contributed by atoms with Crippen molar-refractivity contribution in [1.29, 1.82) is 0 Å². The van der Waals surface area contributed by atoms with E-state index >= 15 is 0 Å². The van der Waals surface area contributed by atoms with E-state index in [-0.39, 0.29) is 12.2 Å². The summed E-state index contributed by atoms with van der Waals surface area (Å²) >= 11 is 0. The van der Waals surface area contributed by atoms with Gasteiger partial charge in [-0.1, -0.05) is 12.1 Å². The average Bonchev–Trinajstić information content (AvgIpc) is 2.65. The summed E-state index contributed by atoms with van der Waals surface area (Å²) in [4.78, 5) is 31.2. The van der Waals surface area contributed by atoms with Crippen LogP contribution in [-0.2, 0) is 14.8 Å². The molecular weight excluding hydrogens is 388 g/mol. The Balaban J connectivity index is 2.88. The van der Waals surface area contributed by atoms with Crippen LogP contribution in [-0.4, -0.2) is 57.8 Å². The van der Waals surface area contributed by atoms with Crippen LogP contribution in [0.1, 0.15) is 24.2 Å². The van der Waals surface area contributed by atoms with E-state index in [1.165, 1.54) is 18.2 Å². The van der Waals surface area contributed by atoms with Crippen LogP contribution in [0.25, 0.3) is 0 Å². The molecule has 0 saturated carbocycles. The first-order valence-electron chi connectivity index (χ1n) is 8.05. The van der Waals surface area contributed by atoms with Gasteiger partial charge in [-0.05, 0) is 32.1 Å². The number of urea groups is 1. The number of sulfonamides is 1. The summed E-state index contributed by atoms with van der Waals surface area (Å²) in [5.74, 6) is -0.939. The summed E-state index contributed by atoms with van der Waals surface area (Å²) in [6, 6.07) is 4.16. The molecule has 1 aromatic carbocycles. The van der Waals surface area contributed by atoms with Crippen molar-refractivity contribution in [3.63, 3.8) is 0 Å². The zero-order valence-electron chi connectivity index (χ0n) is 15.7. The lowest BCUT2D eigenvalue weighted by Crippen LogP contribution is -2.39. The van der Waals surface area contributed by atoms with Gasteiger partial charge in [0, 0.05) is 18.5 Å². The molecule has 0 heterocycles. The molecule has 1 rings (SSSR count). The van der Waals surface area contributed by atoms with Gasteiger partial charge in [0.05, 0.1) is 18.5 Å². The highest BCUT2D eigenvalue weighted by molar-refractivity contribution is 7.90. The number of nitrogens with zero attached hydrogens (tertiary/aromatic N) is 2. The van der Waals surface area contributed by atoms with E-state index < -0.39 is 33.5 Å². The average molecular weight is 410 g/mol. The minimum atomic E-state index is -4.35. The van der Waals surface area contributed by atoms with Gasteiger partial charge in [0.1, 0.15) is 11.5 Å². The predicted molar refractivity (Wildman–Crippen MR) is 104 cm³/mol. The summed E-state index contributed by atoms with van der Waals surface area (Å²) in [6.07, 6.45) is 2.70. The molecule has 152 valence electrons. The Morgan fingerprint density at radius 2 is 1.93 bits per heavy atom. The van der Waals surface area contributed by atoms with Crippen molar-refractivity contribution >= 4 is 34.1 Å². The van der Waals surface area contributed by atoms with Crippen LogP contribution < -0.4 is 10.0 Å². The van der Waals surface area contributed by atoms with E-state index in [0.29, 0.717) is 5.70 Å². The smallest absolute Gasteiger partial charge is 0.339 e. The third-order valence-corrected chi connectivity index (χ3v) is 4.57. The first-order chi connectivity index (χ1) is 13.2. The van der Waals surface area contributed by atoms with Crippen LogP contribution in [0.5, 0.6) is 0 Å². The second-order valence-corrected chi connectivity index (χ2v) is 6.99. The molecule has 0 spiro atoms. The number of aliphatic hydroxyl groups is 1. The molecule has 0 aliphatic carbocycles. The lowest BCUT2D eigenvalue weighted by atomic mass is 10.2. The van der Waals surface area contributed by atoms with E-state index in [4.69, 9.17) is 9.84 Å². The van der Waals surface area contributed by atoms with Crippen LogP contribution >= 0.6 is 0 Å². The maximum atomic E-state index is 12.4. The predicted octanol–water partition coefficient (Wildman–Crippen LogP) is 0.846. The van der Waals surface area contributed by atoms with Crippen molar-refractivity contribution in [1.82, 2.24) is 10.0 Å². The molecule has 10 nitrogen and oxygen atoms in total. The van der Waals surface area contributed by atoms with E-state index in [1.807, 2.05) is 0 Å². The van der Waals surface area contributed by atoms with Crippen molar-refractivity contribution in [2.75, 3.05) is 20.3 Å². The number of carbonyl (C=O) groups is 2. The molecule has 11 heteroatoms. The first kappa shape index (κ1) is 23.0. The molecule has 28 heavy (non-hydrogen) atoms. The fraction of sp³-hybridized carbons (Fsp3) is 0.294. The number of esters is 1. The van der Waals surface area contributed by atoms with Gasteiger partial charge in [-0.3, -0.25) is 10.3 Å². The van der Waals surface area contributed by atoms with Crippen LogP contribution in [0, 0.1) is 0 Å². The van der Waals surface area contributed by atoms with Crippen molar-refractivity contribution in [3.8, 4) is 0 Å². The van der Waals surface area contributed by atoms with Gasteiger partial charge >= 0.3 is 12.0 Å². The molecule has 0 aromatic heterocycles. The van der Waals surface area contributed by atoms with Gasteiger partial charge in [0.2, 0.25) is 0 Å². The number of benzene rings is 1.